The molecule has 3 nitrogen and oxygen atoms in total. The monoisotopic (exact) mass is 184 g/mol. The molecule has 0 saturated heterocycles. The summed E-state index contributed by atoms with van der Waals surface area (Å²) in [6.45, 7) is 1.92. The lowest BCUT2D eigenvalue weighted by atomic mass is 10.0. The smallest absolute Gasteiger partial charge is 0.188 e. The second-order valence-electron chi connectivity index (χ2n) is 2.51. The van der Waals surface area contributed by atoms with Crippen molar-refractivity contribution in [3.8, 4) is 0 Å². The maximum Gasteiger partial charge on any atom is 0.188 e. The molecule has 1 aliphatic heterocycles. The first-order valence-corrected chi connectivity index (χ1v) is 4.78. The van der Waals surface area contributed by atoms with Crippen molar-refractivity contribution in [2.24, 2.45) is 0 Å². The Morgan fingerprint density at radius 1 is 1.83 bits per heavy atom. The maximum atomic E-state index is 10.2. The molecule has 2 atom stereocenters. The third-order valence-corrected chi connectivity index (χ3v) is 1.96. The van der Waals surface area contributed by atoms with Crippen molar-refractivity contribution in [1.29, 1.82) is 0 Å². The summed E-state index contributed by atoms with van der Waals surface area (Å²) >= 11 is 0. The van der Waals surface area contributed by atoms with Crippen LogP contribution in [0.2, 0.25) is 0 Å². The van der Waals surface area contributed by atoms with Crippen molar-refractivity contribution in [2.45, 2.75) is 25.1 Å². The van der Waals surface area contributed by atoms with E-state index in [4.69, 9.17) is 17.3 Å². The van der Waals surface area contributed by atoms with E-state index in [1.165, 1.54) is 0 Å². The van der Waals surface area contributed by atoms with E-state index in [1.807, 2.05) is 6.92 Å². The van der Waals surface area contributed by atoms with Gasteiger partial charge >= 0.3 is 0 Å². The fraction of sp³-hybridized carbons (Fsp3) is 0.714. The second kappa shape index (κ2) is 4.17. The summed E-state index contributed by atoms with van der Waals surface area (Å²) in [5, 5.41) is 0. The van der Waals surface area contributed by atoms with E-state index in [0.29, 0.717) is 6.42 Å². The first-order chi connectivity index (χ1) is 5.72. The van der Waals surface area contributed by atoms with Crippen LogP contribution in [0.15, 0.2) is 12.2 Å². The molecule has 1 rings (SSSR count). The Balaban J connectivity index is 2.53. The summed E-state index contributed by atoms with van der Waals surface area (Å²) in [6.07, 6.45) is 4.28. The minimum absolute atomic E-state index is 0.0449. The largest absolute Gasteiger partial charge is 0.349 e. The molecular formula is C7H10BO3P. The molecule has 64 valence electrons. The van der Waals surface area contributed by atoms with Crippen molar-refractivity contribution in [1.82, 2.24) is 0 Å². The first-order valence-electron chi connectivity index (χ1n) is 3.78. The molecule has 1 unspecified atom stereocenters. The predicted molar refractivity (Wildman–Crippen MR) is 46.3 cm³/mol. The topological polar surface area (TPSA) is 35.5 Å². The van der Waals surface area contributed by atoms with E-state index in [1.54, 1.807) is 12.2 Å². The highest BCUT2D eigenvalue weighted by atomic mass is 31.1. The van der Waals surface area contributed by atoms with Crippen LogP contribution in [0.1, 0.15) is 13.3 Å². The van der Waals surface area contributed by atoms with Crippen molar-refractivity contribution in [3.05, 3.63) is 12.2 Å². The standard InChI is InChI=1S/C7H10BO3P/c1-2-7(10-5-12-9)4-3-6(8)11-7/h3-4,6H,2,5H2,1H3/t6-,7?/m1/s1. The highest BCUT2D eigenvalue weighted by molar-refractivity contribution is 7.23. The number of hydrogen-bond donors (Lipinski definition) is 0. The zero-order valence-electron chi connectivity index (χ0n) is 6.90. The van der Waals surface area contributed by atoms with Gasteiger partial charge in [0.1, 0.15) is 14.2 Å². The molecule has 0 amide bonds. The van der Waals surface area contributed by atoms with Gasteiger partial charge in [0.2, 0.25) is 0 Å². The van der Waals surface area contributed by atoms with E-state index in [-0.39, 0.29) is 14.8 Å². The van der Waals surface area contributed by atoms with Crippen LogP contribution in [0.25, 0.3) is 0 Å². The van der Waals surface area contributed by atoms with Crippen LogP contribution in [0.3, 0.4) is 0 Å². The zero-order valence-corrected chi connectivity index (χ0v) is 7.79. The number of ether oxygens (including phenoxy) is 2. The van der Waals surface area contributed by atoms with Crippen LogP contribution in [-0.2, 0) is 14.0 Å². The van der Waals surface area contributed by atoms with Crippen LogP contribution >= 0.6 is 8.46 Å². The van der Waals surface area contributed by atoms with E-state index in [9.17, 15) is 4.57 Å². The minimum Gasteiger partial charge on any atom is -0.349 e. The van der Waals surface area contributed by atoms with Gasteiger partial charge in [-0.15, -0.1) is 0 Å². The molecule has 0 aliphatic carbocycles. The van der Waals surface area contributed by atoms with E-state index < -0.39 is 11.8 Å². The third-order valence-electron chi connectivity index (χ3n) is 1.73. The summed E-state index contributed by atoms with van der Waals surface area (Å²) in [6, 6.07) is -0.409. The number of rotatable bonds is 4. The van der Waals surface area contributed by atoms with Crippen molar-refractivity contribution in [2.75, 3.05) is 6.35 Å². The molecule has 0 aromatic rings. The molecule has 0 bridgehead atoms. The van der Waals surface area contributed by atoms with Crippen molar-refractivity contribution < 1.29 is 14.0 Å². The van der Waals surface area contributed by atoms with Crippen LogP contribution < -0.4 is 0 Å². The van der Waals surface area contributed by atoms with Gasteiger partial charge in [0, 0.05) is 12.4 Å². The van der Waals surface area contributed by atoms with Gasteiger partial charge in [-0.1, -0.05) is 13.0 Å². The molecule has 0 N–H and O–H groups in total. The van der Waals surface area contributed by atoms with Gasteiger partial charge < -0.3 is 9.47 Å². The van der Waals surface area contributed by atoms with Gasteiger partial charge in [-0.05, 0) is 6.08 Å². The fourth-order valence-electron chi connectivity index (χ4n) is 1.07. The lowest BCUT2D eigenvalue weighted by Crippen LogP contribution is -2.31. The molecule has 0 spiro atoms. The van der Waals surface area contributed by atoms with Gasteiger partial charge in [0.15, 0.2) is 14.2 Å². The van der Waals surface area contributed by atoms with E-state index in [2.05, 4.69) is 0 Å². The summed E-state index contributed by atoms with van der Waals surface area (Å²) in [7, 11) is 5.44. The van der Waals surface area contributed by atoms with Crippen molar-refractivity contribution >= 4 is 16.3 Å². The SMILES string of the molecule is [B][C@H]1C=CC(CC)(OCP=O)O1. The molecular weight excluding hydrogens is 174 g/mol. The molecule has 12 heavy (non-hydrogen) atoms. The molecule has 1 aliphatic rings. The van der Waals surface area contributed by atoms with Crippen LogP contribution in [0, 0.1) is 0 Å². The van der Waals surface area contributed by atoms with E-state index in [0.717, 1.165) is 0 Å². The first kappa shape index (κ1) is 9.91. The minimum atomic E-state index is -0.753. The maximum absolute atomic E-state index is 10.2. The molecule has 0 aromatic carbocycles. The highest BCUT2D eigenvalue weighted by Crippen LogP contribution is 2.27. The Hall–Kier alpha value is -0.175. The Kier molecular flexibility index (Phi) is 3.45. The Morgan fingerprint density at radius 3 is 3.00 bits per heavy atom. The summed E-state index contributed by atoms with van der Waals surface area (Å²) in [5.74, 6) is -0.753. The zero-order chi connectivity index (χ0) is 9.03. The average Bonchev–Trinajstić information content (AvgIpc) is 2.45. The predicted octanol–water partition coefficient (Wildman–Crippen LogP) is 1.44. The summed E-state index contributed by atoms with van der Waals surface area (Å²) < 4.78 is 20.7. The molecule has 0 fully saturated rings. The molecule has 1 heterocycles. The van der Waals surface area contributed by atoms with Crippen molar-refractivity contribution in [3.63, 3.8) is 0 Å². The van der Waals surface area contributed by atoms with Gasteiger partial charge in [0.05, 0.1) is 0 Å². The van der Waals surface area contributed by atoms with Gasteiger partial charge in [-0.2, -0.15) is 0 Å². The van der Waals surface area contributed by atoms with E-state index >= 15 is 0 Å². The summed E-state index contributed by atoms with van der Waals surface area (Å²) in [5.41, 5.74) is 0. The number of hydrogen-bond acceptors (Lipinski definition) is 3. The van der Waals surface area contributed by atoms with Gasteiger partial charge in [-0.25, -0.2) is 0 Å². The second-order valence-corrected chi connectivity index (χ2v) is 3.03. The fourth-order valence-corrected chi connectivity index (χ4v) is 1.34. The Morgan fingerprint density at radius 2 is 2.58 bits per heavy atom. The van der Waals surface area contributed by atoms with Gasteiger partial charge in [-0.3, -0.25) is 4.57 Å². The molecule has 0 saturated carbocycles. The lowest BCUT2D eigenvalue weighted by molar-refractivity contribution is -0.184. The lowest BCUT2D eigenvalue weighted by Gasteiger charge is -2.26. The highest BCUT2D eigenvalue weighted by Gasteiger charge is 2.32. The summed E-state index contributed by atoms with van der Waals surface area (Å²) in [4.78, 5) is 0. The normalized spacial score (nSPS) is 34.6. The quantitative estimate of drug-likeness (QED) is 0.376. The molecule has 0 aromatic heterocycles. The Bertz CT molecular complexity index is 197. The average molecular weight is 184 g/mol. The van der Waals surface area contributed by atoms with Crippen LogP contribution in [-0.4, -0.2) is 26.0 Å². The van der Waals surface area contributed by atoms with Crippen LogP contribution in [0.5, 0.6) is 0 Å². The third kappa shape index (κ3) is 2.16. The molecule has 5 heteroatoms. The Labute approximate surface area is 74.7 Å². The van der Waals surface area contributed by atoms with Gasteiger partial charge in [0.25, 0.3) is 0 Å². The van der Waals surface area contributed by atoms with Crippen LogP contribution in [0.4, 0.5) is 0 Å². The molecule has 2 radical (unpaired) electrons.